The first kappa shape index (κ1) is 13.7. The summed E-state index contributed by atoms with van der Waals surface area (Å²) in [6, 6.07) is 21.9. The molecule has 0 saturated heterocycles. The molecule has 0 aliphatic heterocycles. The Labute approximate surface area is 113 Å². The van der Waals surface area contributed by atoms with Gasteiger partial charge in [0.2, 0.25) is 0 Å². The van der Waals surface area contributed by atoms with Crippen molar-refractivity contribution in [3.63, 3.8) is 0 Å². The summed E-state index contributed by atoms with van der Waals surface area (Å²) in [5.74, 6) is 0. The molecule has 0 saturated carbocycles. The molecule has 0 radical (unpaired) electrons. The van der Waals surface area contributed by atoms with E-state index in [4.69, 9.17) is 0 Å². The average molecular weight is 274 g/mol. The van der Waals surface area contributed by atoms with Gasteiger partial charge >= 0.3 is 0 Å². The lowest BCUT2D eigenvalue weighted by molar-refractivity contribution is 0.802. The lowest BCUT2D eigenvalue weighted by Crippen LogP contribution is -2.13. The third-order valence-electron chi connectivity index (χ3n) is 2.48. The van der Waals surface area contributed by atoms with Crippen molar-refractivity contribution >= 4 is 26.5 Å². The third kappa shape index (κ3) is 3.91. The van der Waals surface area contributed by atoms with Crippen molar-refractivity contribution in [2.45, 2.75) is 25.9 Å². The summed E-state index contributed by atoms with van der Waals surface area (Å²) in [6.45, 7) is 7.02. The van der Waals surface area contributed by atoms with Gasteiger partial charge in [-0.3, -0.25) is 0 Å². The molecule has 1 atom stereocenters. The Morgan fingerprint density at radius 3 is 1.44 bits per heavy atom. The van der Waals surface area contributed by atoms with Crippen LogP contribution < -0.4 is 10.6 Å². The minimum Gasteiger partial charge on any atom is -0.0812 e. The Morgan fingerprint density at radius 1 is 0.722 bits per heavy atom. The quantitative estimate of drug-likeness (QED) is 0.722. The summed E-state index contributed by atoms with van der Waals surface area (Å²) in [7, 11) is 0.741. The van der Waals surface area contributed by atoms with Crippen molar-refractivity contribution in [2.75, 3.05) is 0 Å². The molecule has 0 amide bonds. The molecule has 0 nitrogen and oxygen atoms in total. The highest BCUT2D eigenvalue weighted by atomic mass is 32.0. The normalized spacial score (nSPS) is 12.4. The molecule has 0 bridgehead atoms. The van der Waals surface area contributed by atoms with Gasteiger partial charge in [0.05, 0.1) is 0 Å². The molecule has 0 spiro atoms. The highest BCUT2D eigenvalue weighted by molar-refractivity contribution is 8.28. The first-order valence-electron chi connectivity index (χ1n) is 6.24. The second-order valence-corrected chi connectivity index (χ2v) is 10.8. The van der Waals surface area contributed by atoms with E-state index < -0.39 is 0 Å². The summed E-state index contributed by atoms with van der Waals surface area (Å²) >= 11 is 0. The summed E-state index contributed by atoms with van der Waals surface area (Å²) in [4.78, 5) is 0. The van der Waals surface area contributed by atoms with Crippen LogP contribution in [0, 0.1) is 0 Å². The van der Waals surface area contributed by atoms with E-state index in [-0.39, 0.29) is 7.61 Å². The van der Waals surface area contributed by atoms with E-state index in [0.29, 0.717) is 5.16 Å². The van der Waals surface area contributed by atoms with Crippen LogP contribution in [0.4, 0.5) is 0 Å². The van der Waals surface area contributed by atoms with Gasteiger partial charge in [0, 0.05) is 0 Å². The first-order valence-corrected chi connectivity index (χ1v) is 9.43. The molecule has 2 heteroatoms. The van der Waals surface area contributed by atoms with E-state index in [1.54, 1.807) is 0 Å². The monoisotopic (exact) mass is 274 g/mol. The zero-order chi connectivity index (χ0) is 13.0. The maximum absolute atomic E-state index is 2.34. The van der Waals surface area contributed by atoms with E-state index in [1.165, 1.54) is 10.6 Å². The number of hydrogen-bond donors (Lipinski definition) is 0. The van der Waals surface area contributed by atoms with Gasteiger partial charge in [-0.25, -0.2) is 0 Å². The molecule has 94 valence electrons. The van der Waals surface area contributed by atoms with Gasteiger partial charge in [-0.2, -0.15) is 0 Å². The van der Waals surface area contributed by atoms with Gasteiger partial charge < -0.3 is 0 Å². The minimum absolute atomic E-state index is 0.211. The van der Waals surface area contributed by atoms with Gasteiger partial charge in [0.1, 0.15) is 0 Å². The Hall–Kier alpha value is -0.700. The van der Waals surface area contributed by atoms with Crippen LogP contribution in [-0.2, 0) is 0 Å². The molecule has 0 aromatic heterocycles. The smallest absolute Gasteiger partial charge is 0.0155 e. The molecular weight excluding hydrogens is 254 g/mol. The first-order chi connectivity index (χ1) is 8.56. The molecular formula is C16H20P2. The molecule has 0 heterocycles. The van der Waals surface area contributed by atoms with Gasteiger partial charge in [-0.1, -0.05) is 89.7 Å². The largest absolute Gasteiger partial charge is 0.0812 e. The molecule has 0 N–H and O–H groups in total. The predicted octanol–water partition coefficient (Wildman–Crippen LogP) is 4.51. The number of rotatable bonds is 3. The molecule has 2 aromatic carbocycles. The van der Waals surface area contributed by atoms with E-state index in [2.05, 4.69) is 81.4 Å². The Bertz CT molecular complexity index is 432. The van der Waals surface area contributed by atoms with Crippen LogP contribution in [0.1, 0.15) is 20.8 Å². The van der Waals surface area contributed by atoms with E-state index in [9.17, 15) is 0 Å². The fourth-order valence-electron chi connectivity index (χ4n) is 1.77. The maximum atomic E-state index is 2.34. The molecule has 2 aromatic rings. The van der Waals surface area contributed by atoms with Gasteiger partial charge in [-0.15, -0.1) is 0 Å². The topological polar surface area (TPSA) is 0 Å². The van der Waals surface area contributed by atoms with Crippen LogP contribution in [0.3, 0.4) is 0 Å². The van der Waals surface area contributed by atoms with Crippen molar-refractivity contribution in [3.05, 3.63) is 60.7 Å². The van der Waals surface area contributed by atoms with E-state index in [1.807, 2.05) is 0 Å². The standard InChI is InChI=1S/C16H20P2/c1-16(2,3)17-18(14-10-6-4-7-11-14)15-12-8-5-9-13-15/h4-13,17H,1-3H3. The van der Waals surface area contributed by atoms with E-state index in [0.717, 1.165) is 8.27 Å². The van der Waals surface area contributed by atoms with Gasteiger partial charge in [0.25, 0.3) is 0 Å². The molecule has 0 aliphatic carbocycles. The van der Waals surface area contributed by atoms with Crippen LogP contribution in [0.25, 0.3) is 0 Å². The van der Waals surface area contributed by atoms with Crippen LogP contribution >= 0.6 is 15.9 Å². The molecule has 18 heavy (non-hydrogen) atoms. The van der Waals surface area contributed by atoms with Crippen molar-refractivity contribution in [1.82, 2.24) is 0 Å². The molecule has 1 unspecified atom stereocenters. The molecule has 2 rings (SSSR count). The molecule has 0 fully saturated rings. The zero-order valence-corrected chi connectivity index (χ0v) is 13.1. The van der Waals surface area contributed by atoms with Crippen LogP contribution in [0.2, 0.25) is 0 Å². The number of benzene rings is 2. The summed E-state index contributed by atoms with van der Waals surface area (Å²) in [5, 5.41) is 3.37. The SMILES string of the molecule is CC(C)(C)PP(c1ccccc1)c1ccccc1. The summed E-state index contributed by atoms with van der Waals surface area (Å²) in [6.07, 6.45) is 0. The summed E-state index contributed by atoms with van der Waals surface area (Å²) < 4.78 is 0. The van der Waals surface area contributed by atoms with Gasteiger partial charge in [-0.05, 0) is 23.4 Å². The fraction of sp³-hybridized carbons (Fsp3) is 0.250. The van der Waals surface area contributed by atoms with E-state index >= 15 is 0 Å². The van der Waals surface area contributed by atoms with Crippen molar-refractivity contribution in [2.24, 2.45) is 0 Å². The average Bonchev–Trinajstić information content (AvgIpc) is 2.37. The highest BCUT2D eigenvalue weighted by Crippen LogP contribution is 2.59. The highest BCUT2D eigenvalue weighted by Gasteiger charge is 2.20. The lowest BCUT2D eigenvalue weighted by Gasteiger charge is -2.27. The second-order valence-electron chi connectivity index (χ2n) is 5.37. The fourth-order valence-corrected chi connectivity index (χ4v) is 7.62. The Morgan fingerprint density at radius 2 is 1.11 bits per heavy atom. The predicted molar refractivity (Wildman–Crippen MR) is 87.1 cm³/mol. The maximum Gasteiger partial charge on any atom is -0.0155 e. The summed E-state index contributed by atoms with van der Waals surface area (Å²) in [5.41, 5.74) is 0. The molecule has 0 aliphatic rings. The van der Waals surface area contributed by atoms with Gasteiger partial charge in [0.15, 0.2) is 0 Å². The Kier molecular flexibility index (Phi) is 4.55. The van der Waals surface area contributed by atoms with Crippen LogP contribution in [0.15, 0.2) is 60.7 Å². The Balaban J connectivity index is 2.36. The van der Waals surface area contributed by atoms with Crippen LogP contribution in [0.5, 0.6) is 0 Å². The van der Waals surface area contributed by atoms with Crippen molar-refractivity contribution in [1.29, 1.82) is 0 Å². The zero-order valence-electron chi connectivity index (χ0n) is 11.2. The third-order valence-corrected chi connectivity index (χ3v) is 9.23. The second kappa shape index (κ2) is 5.96. The number of hydrogen-bond acceptors (Lipinski definition) is 0. The van der Waals surface area contributed by atoms with Crippen molar-refractivity contribution < 1.29 is 0 Å². The lowest BCUT2D eigenvalue weighted by atomic mass is 10.3. The minimum atomic E-state index is -0.211. The van der Waals surface area contributed by atoms with Crippen LogP contribution in [-0.4, -0.2) is 5.16 Å². The van der Waals surface area contributed by atoms with Crippen molar-refractivity contribution in [3.8, 4) is 0 Å².